The summed E-state index contributed by atoms with van der Waals surface area (Å²) >= 11 is 0. The summed E-state index contributed by atoms with van der Waals surface area (Å²) in [6.07, 6.45) is 2.28. The lowest BCUT2D eigenvalue weighted by Gasteiger charge is -2.39. The van der Waals surface area contributed by atoms with Gasteiger partial charge in [-0.25, -0.2) is 9.59 Å². The summed E-state index contributed by atoms with van der Waals surface area (Å²) in [6, 6.07) is 38.6. The normalized spacial score (nSPS) is 18.8. The Labute approximate surface area is 305 Å². The van der Waals surface area contributed by atoms with Crippen molar-refractivity contribution >= 4 is 23.9 Å². The topological polar surface area (TPSA) is 105 Å². The Hall–Kier alpha value is -5.44. The van der Waals surface area contributed by atoms with Crippen LogP contribution in [-0.4, -0.2) is 72.0 Å². The highest BCUT2D eigenvalue weighted by Gasteiger charge is 2.62. The average molecular weight is 702 g/mol. The monoisotopic (exact) mass is 701 g/mol. The van der Waals surface area contributed by atoms with Crippen LogP contribution in [0.5, 0.6) is 0 Å². The number of benzene rings is 4. The fraction of sp³-hybridized carbons (Fsp3) is 0.349. The van der Waals surface area contributed by atoms with Crippen LogP contribution >= 0.6 is 0 Å². The zero-order chi connectivity index (χ0) is 36.3. The van der Waals surface area contributed by atoms with E-state index >= 15 is 0 Å². The maximum atomic E-state index is 14.9. The van der Waals surface area contributed by atoms with E-state index < -0.39 is 23.6 Å². The van der Waals surface area contributed by atoms with E-state index in [-0.39, 0.29) is 36.7 Å². The Kier molecular flexibility index (Phi) is 12.0. The number of carbonyl (C=O) groups excluding carboxylic acids is 4. The number of alkyl carbamates (subject to hydrolysis) is 1. The van der Waals surface area contributed by atoms with Crippen LogP contribution in [0, 0.1) is 0 Å². The van der Waals surface area contributed by atoms with Crippen LogP contribution in [0.1, 0.15) is 72.6 Å². The molecule has 4 aromatic carbocycles. The molecule has 2 aliphatic rings. The second-order valence-electron chi connectivity index (χ2n) is 13.6. The minimum atomic E-state index is -1.12. The Balaban J connectivity index is 1.18. The molecule has 0 unspecified atom stereocenters. The van der Waals surface area contributed by atoms with Gasteiger partial charge in [0.05, 0.1) is 7.11 Å². The third-order valence-electron chi connectivity index (χ3n) is 10.6. The molecule has 2 saturated heterocycles. The Morgan fingerprint density at radius 2 is 1.40 bits per heavy atom. The van der Waals surface area contributed by atoms with E-state index in [4.69, 9.17) is 9.47 Å². The summed E-state index contributed by atoms with van der Waals surface area (Å²) in [6.45, 7) is 1.32. The van der Waals surface area contributed by atoms with Gasteiger partial charge in [-0.05, 0) is 54.4 Å². The van der Waals surface area contributed by atoms with Crippen molar-refractivity contribution in [3.63, 3.8) is 0 Å². The molecule has 3 atom stereocenters. The molecule has 0 aliphatic carbocycles. The number of unbranched alkanes of at least 4 members (excludes halogenated alkanes) is 1. The minimum absolute atomic E-state index is 0.0776. The van der Waals surface area contributed by atoms with Crippen LogP contribution in [0.15, 0.2) is 121 Å². The van der Waals surface area contributed by atoms with Crippen molar-refractivity contribution in [2.75, 3.05) is 26.7 Å². The Morgan fingerprint density at radius 1 is 0.808 bits per heavy atom. The molecule has 2 fully saturated rings. The first kappa shape index (κ1) is 36.4. The molecule has 9 heteroatoms. The number of ether oxygens (including phenoxy) is 2. The van der Waals surface area contributed by atoms with Gasteiger partial charge in [0, 0.05) is 37.9 Å². The maximum absolute atomic E-state index is 14.9. The number of nitrogens with one attached hydrogen (secondary N) is 1. The summed E-state index contributed by atoms with van der Waals surface area (Å²) < 4.78 is 10.5. The highest BCUT2D eigenvalue weighted by molar-refractivity contribution is 5.97. The van der Waals surface area contributed by atoms with Crippen LogP contribution in [0.4, 0.5) is 4.79 Å². The number of esters is 1. The number of rotatable bonds is 14. The van der Waals surface area contributed by atoms with Crippen molar-refractivity contribution < 1.29 is 28.7 Å². The summed E-state index contributed by atoms with van der Waals surface area (Å²) in [5.41, 5.74) is 2.87. The molecule has 0 radical (unpaired) electrons. The van der Waals surface area contributed by atoms with Crippen LogP contribution in [0.3, 0.4) is 0 Å². The first-order chi connectivity index (χ1) is 25.4. The fourth-order valence-corrected chi connectivity index (χ4v) is 8.03. The molecule has 6 rings (SSSR count). The predicted octanol–water partition coefficient (Wildman–Crippen LogP) is 6.83. The predicted molar refractivity (Wildman–Crippen MR) is 198 cm³/mol. The second-order valence-corrected chi connectivity index (χ2v) is 13.6. The molecule has 1 N–H and O–H groups in total. The Morgan fingerprint density at radius 3 is 2.02 bits per heavy atom. The van der Waals surface area contributed by atoms with Crippen LogP contribution in [-0.2, 0) is 30.5 Å². The fourth-order valence-electron chi connectivity index (χ4n) is 8.03. The molecule has 2 aliphatic heterocycles. The molecule has 270 valence electrons. The molecular weight excluding hydrogens is 654 g/mol. The van der Waals surface area contributed by atoms with E-state index in [1.807, 2.05) is 126 Å². The highest BCUT2D eigenvalue weighted by atomic mass is 16.5. The lowest BCUT2D eigenvalue weighted by atomic mass is 9.78. The van der Waals surface area contributed by atoms with E-state index in [0.717, 1.165) is 22.3 Å². The van der Waals surface area contributed by atoms with Gasteiger partial charge in [-0.3, -0.25) is 9.59 Å². The smallest absolute Gasteiger partial charge is 0.407 e. The van der Waals surface area contributed by atoms with Gasteiger partial charge in [-0.2, -0.15) is 0 Å². The van der Waals surface area contributed by atoms with E-state index in [1.165, 1.54) is 7.11 Å². The highest BCUT2D eigenvalue weighted by Crippen LogP contribution is 2.50. The molecule has 1 spiro atoms. The van der Waals surface area contributed by atoms with Gasteiger partial charge < -0.3 is 24.6 Å². The third kappa shape index (κ3) is 8.04. The van der Waals surface area contributed by atoms with Crippen molar-refractivity contribution in [2.24, 2.45) is 0 Å². The SMILES string of the molecule is COC(=O)[C@H](CCCCNC(=O)OCc1ccccc1)N1CC[C@]2(C1=O)[C@H](c1ccccc1)CCN2C(=O)CC(c1ccccc1)c1ccccc1. The second kappa shape index (κ2) is 17.2. The number of carbonyl (C=O) groups is 4. The van der Waals surface area contributed by atoms with E-state index in [1.54, 1.807) is 4.90 Å². The largest absolute Gasteiger partial charge is 0.467 e. The van der Waals surface area contributed by atoms with Crippen molar-refractivity contribution in [1.29, 1.82) is 0 Å². The van der Waals surface area contributed by atoms with E-state index in [2.05, 4.69) is 5.32 Å². The van der Waals surface area contributed by atoms with Crippen molar-refractivity contribution in [3.05, 3.63) is 144 Å². The first-order valence-electron chi connectivity index (χ1n) is 18.2. The molecule has 9 nitrogen and oxygen atoms in total. The van der Waals surface area contributed by atoms with Gasteiger partial charge >= 0.3 is 12.1 Å². The zero-order valence-corrected chi connectivity index (χ0v) is 29.7. The first-order valence-corrected chi connectivity index (χ1v) is 18.2. The molecule has 0 aromatic heterocycles. The van der Waals surface area contributed by atoms with Crippen LogP contribution < -0.4 is 5.32 Å². The zero-order valence-electron chi connectivity index (χ0n) is 29.7. The number of hydrogen-bond acceptors (Lipinski definition) is 6. The summed E-state index contributed by atoms with van der Waals surface area (Å²) in [5.74, 6) is -1.16. The Bertz CT molecular complexity index is 1750. The maximum Gasteiger partial charge on any atom is 0.407 e. The number of nitrogens with zero attached hydrogens (tertiary/aromatic N) is 2. The molecular formula is C43H47N3O6. The molecule has 0 saturated carbocycles. The molecule has 3 amide bonds. The van der Waals surface area contributed by atoms with Gasteiger partial charge in [0.15, 0.2) is 0 Å². The van der Waals surface area contributed by atoms with Crippen molar-refractivity contribution in [2.45, 2.75) is 68.5 Å². The van der Waals surface area contributed by atoms with Crippen LogP contribution in [0.2, 0.25) is 0 Å². The minimum Gasteiger partial charge on any atom is -0.467 e. The van der Waals surface area contributed by atoms with Crippen molar-refractivity contribution in [3.8, 4) is 0 Å². The number of hydrogen-bond donors (Lipinski definition) is 1. The quantitative estimate of drug-likeness (QED) is 0.114. The van der Waals surface area contributed by atoms with Gasteiger partial charge in [-0.15, -0.1) is 0 Å². The van der Waals surface area contributed by atoms with Crippen LogP contribution in [0.25, 0.3) is 0 Å². The molecule has 2 heterocycles. The number of amides is 3. The van der Waals surface area contributed by atoms with E-state index in [0.29, 0.717) is 51.7 Å². The van der Waals surface area contributed by atoms with Gasteiger partial charge in [0.1, 0.15) is 18.2 Å². The number of methoxy groups -OCH3 is 1. The van der Waals surface area contributed by atoms with E-state index in [9.17, 15) is 19.2 Å². The summed E-state index contributed by atoms with van der Waals surface area (Å²) in [5, 5.41) is 2.77. The van der Waals surface area contributed by atoms with Gasteiger partial charge in [0.25, 0.3) is 0 Å². The number of likely N-dealkylation sites (tertiary alicyclic amines) is 2. The average Bonchev–Trinajstić information content (AvgIpc) is 3.75. The standard InChI is InChI=1S/C43H47N3O6/c1-51-40(48)38(24-14-15-27-44-42(50)52-31-32-16-6-2-7-17-32)45-29-26-43(41(45)49)37(35-22-12-5-13-23-35)25-28-46(43)39(47)30-36(33-18-8-3-9-19-33)34-20-10-4-11-21-34/h2-13,16-23,36-38H,14-15,24-31H2,1H3,(H,44,50)/t37-,38-,43+/m0/s1. The van der Waals surface area contributed by atoms with Crippen molar-refractivity contribution in [1.82, 2.24) is 15.1 Å². The molecule has 52 heavy (non-hydrogen) atoms. The lowest BCUT2D eigenvalue weighted by Crippen LogP contribution is -2.57. The molecule has 0 bridgehead atoms. The summed E-state index contributed by atoms with van der Waals surface area (Å²) in [7, 11) is 1.33. The third-order valence-corrected chi connectivity index (χ3v) is 10.6. The lowest BCUT2D eigenvalue weighted by molar-refractivity contribution is -0.155. The van der Waals surface area contributed by atoms with Gasteiger partial charge in [0.2, 0.25) is 11.8 Å². The van der Waals surface area contributed by atoms with Gasteiger partial charge in [-0.1, -0.05) is 121 Å². The molecule has 4 aromatic rings. The summed E-state index contributed by atoms with van der Waals surface area (Å²) in [4.78, 5) is 58.5.